The lowest BCUT2D eigenvalue weighted by Gasteiger charge is -2.14. The predicted molar refractivity (Wildman–Crippen MR) is 65.8 cm³/mol. The highest BCUT2D eigenvalue weighted by Gasteiger charge is 2.25. The van der Waals surface area contributed by atoms with Gasteiger partial charge < -0.3 is 10.3 Å². The lowest BCUT2D eigenvalue weighted by Crippen LogP contribution is -2.42. The fraction of sp³-hybridized carbons (Fsp3) is 0.625. The first kappa shape index (κ1) is 14.0. The van der Waals surface area contributed by atoms with Crippen LogP contribution in [0.25, 0.3) is 0 Å². The van der Waals surface area contributed by atoms with Gasteiger partial charge in [0.05, 0.1) is 4.99 Å². The predicted octanol–water partition coefficient (Wildman–Crippen LogP) is -0.404. The van der Waals surface area contributed by atoms with Crippen LogP contribution < -0.4 is 10.5 Å². The average Bonchev–Trinajstić information content (AvgIpc) is 2.69. The van der Waals surface area contributed by atoms with E-state index in [1.807, 2.05) is 0 Å². The van der Waals surface area contributed by atoms with Crippen LogP contribution in [-0.2, 0) is 16.4 Å². The summed E-state index contributed by atoms with van der Waals surface area (Å²) in [6.45, 7) is 1.88. The van der Waals surface area contributed by atoms with Crippen LogP contribution >= 0.6 is 12.2 Å². The molecule has 1 heterocycles. The van der Waals surface area contributed by atoms with E-state index in [0.717, 1.165) is 0 Å². The number of hydrogen-bond acceptors (Lipinski definition) is 6. The maximum Gasteiger partial charge on any atom is 0.227 e. The van der Waals surface area contributed by atoms with Crippen LogP contribution in [0.5, 0.6) is 0 Å². The topological polar surface area (TPSA) is 111 Å². The summed E-state index contributed by atoms with van der Waals surface area (Å²) in [5.41, 5.74) is 5.37. The highest BCUT2D eigenvalue weighted by atomic mass is 32.2. The van der Waals surface area contributed by atoms with Crippen molar-refractivity contribution in [2.75, 3.05) is 6.54 Å². The van der Waals surface area contributed by atoms with Gasteiger partial charge >= 0.3 is 0 Å². The molecule has 9 heteroatoms. The zero-order valence-electron chi connectivity index (χ0n) is 9.29. The monoisotopic (exact) mass is 278 g/mol. The molecule has 0 fully saturated rings. The Labute approximate surface area is 105 Å². The van der Waals surface area contributed by atoms with Crippen molar-refractivity contribution in [2.24, 2.45) is 5.73 Å². The first-order valence-corrected chi connectivity index (χ1v) is 6.96. The zero-order chi connectivity index (χ0) is 12.9. The molecule has 0 amide bonds. The second-order valence-electron chi connectivity index (χ2n) is 3.32. The largest absolute Gasteiger partial charge is 0.392 e. The summed E-state index contributed by atoms with van der Waals surface area (Å²) in [4.78, 5) is 3.74. The lowest BCUT2D eigenvalue weighted by atomic mass is 10.3. The number of hydrogen-bond donors (Lipinski definition) is 2. The number of thiocarbonyl (C=S) groups is 1. The summed E-state index contributed by atoms with van der Waals surface area (Å²) >= 11 is 4.71. The van der Waals surface area contributed by atoms with Crippen LogP contribution in [0, 0.1) is 0 Å². The molecule has 0 saturated carbocycles. The van der Waals surface area contributed by atoms with Crippen LogP contribution in [0.4, 0.5) is 0 Å². The molecule has 0 bridgehead atoms. The first-order chi connectivity index (χ1) is 7.97. The number of sulfonamides is 1. The molecule has 0 saturated heterocycles. The number of aromatic nitrogens is 2. The van der Waals surface area contributed by atoms with E-state index in [-0.39, 0.29) is 11.5 Å². The normalized spacial score (nSPS) is 13.5. The maximum atomic E-state index is 11.8. The number of nitrogens with two attached hydrogens (primary N) is 1. The summed E-state index contributed by atoms with van der Waals surface area (Å²) in [5, 5.41) is 2.57. The second kappa shape index (κ2) is 6.03. The standard InChI is InChI=1S/C8H14N4O3S2/c1-2-6(8(9)16)17(13,14)12-4-3-7-10-5-11-15-7/h5-6,12H,2-4H2,1H3,(H2,9,16). The Bertz CT molecular complexity index is 457. The number of nitrogens with zero attached hydrogens (tertiary/aromatic N) is 2. The minimum Gasteiger partial charge on any atom is -0.392 e. The van der Waals surface area contributed by atoms with Crippen molar-refractivity contribution in [3.63, 3.8) is 0 Å². The van der Waals surface area contributed by atoms with Crippen molar-refractivity contribution in [3.8, 4) is 0 Å². The van der Waals surface area contributed by atoms with Gasteiger partial charge in [-0.05, 0) is 6.42 Å². The Morgan fingerprint density at radius 1 is 1.71 bits per heavy atom. The molecule has 1 rings (SSSR count). The fourth-order valence-corrected chi connectivity index (χ4v) is 3.16. The smallest absolute Gasteiger partial charge is 0.227 e. The molecular weight excluding hydrogens is 264 g/mol. The van der Waals surface area contributed by atoms with Gasteiger partial charge in [-0.15, -0.1) is 0 Å². The first-order valence-electron chi connectivity index (χ1n) is 5.00. The molecule has 1 aromatic heterocycles. The summed E-state index contributed by atoms with van der Waals surface area (Å²) in [7, 11) is -3.53. The van der Waals surface area contributed by atoms with Gasteiger partial charge in [0.25, 0.3) is 0 Å². The molecule has 17 heavy (non-hydrogen) atoms. The highest BCUT2D eigenvalue weighted by Crippen LogP contribution is 2.04. The Hall–Kier alpha value is -1.06. The molecule has 96 valence electrons. The summed E-state index contributed by atoms with van der Waals surface area (Å²) in [6, 6.07) is 0. The third-order valence-electron chi connectivity index (χ3n) is 2.11. The van der Waals surface area contributed by atoms with E-state index in [4.69, 9.17) is 22.5 Å². The van der Waals surface area contributed by atoms with Gasteiger partial charge in [0.15, 0.2) is 6.33 Å². The van der Waals surface area contributed by atoms with E-state index in [0.29, 0.717) is 18.7 Å². The Morgan fingerprint density at radius 2 is 2.41 bits per heavy atom. The lowest BCUT2D eigenvalue weighted by molar-refractivity contribution is 0.377. The van der Waals surface area contributed by atoms with Crippen LogP contribution in [0.2, 0.25) is 0 Å². The van der Waals surface area contributed by atoms with Gasteiger partial charge in [-0.25, -0.2) is 13.1 Å². The number of nitrogens with one attached hydrogen (secondary N) is 1. The van der Waals surface area contributed by atoms with Crippen molar-refractivity contribution in [1.82, 2.24) is 14.9 Å². The molecular formula is C8H14N4O3S2. The quantitative estimate of drug-likeness (QED) is 0.652. The van der Waals surface area contributed by atoms with Crippen LogP contribution in [-0.4, -0.2) is 35.3 Å². The average molecular weight is 278 g/mol. The van der Waals surface area contributed by atoms with Crippen molar-refractivity contribution in [2.45, 2.75) is 25.0 Å². The van der Waals surface area contributed by atoms with E-state index in [9.17, 15) is 8.42 Å². The van der Waals surface area contributed by atoms with Gasteiger partial charge in [-0.1, -0.05) is 24.3 Å². The molecule has 1 atom stereocenters. The van der Waals surface area contributed by atoms with E-state index >= 15 is 0 Å². The molecule has 3 N–H and O–H groups in total. The third kappa shape index (κ3) is 4.02. The molecule has 0 spiro atoms. The Morgan fingerprint density at radius 3 is 2.88 bits per heavy atom. The van der Waals surface area contributed by atoms with Crippen molar-refractivity contribution in [1.29, 1.82) is 0 Å². The van der Waals surface area contributed by atoms with Gasteiger partial charge in [0, 0.05) is 13.0 Å². The van der Waals surface area contributed by atoms with Crippen LogP contribution in [0.3, 0.4) is 0 Å². The minimum atomic E-state index is -3.53. The third-order valence-corrected chi connectivity index (χ3v) is 4.49. The molecule has 0 aliphatic heterocycles. The van der Waals surface area contributed by atoms with Crippen molar-refractivity contribution < 1.29 is 12.9 Å². The van der Waals surface area contributed by atoms with Gasteiger partial charge in [-0.2, -0.15) is 4.98 Å². The molecule has 1 aromatic rings. The SMILES string of the molecule is CCC(C(N)=S)S(=O)(=O)NCCc1ncno1. The minimum absolute atomic E-state index is 0.0298. The summed E-state index contributed by atoms with van der Waals surface area (Å²) < 4.78 is 30.7. The van der Waals surface area contributed by atoms with Crippen LogP contribution in [0.1, 0.15) is 19.2 Å². The van der Waals surface area contributed by atoms with Crippen molar-refractivity contribution in [3.05, 3.63) is 12.2 Å². The van der Waals surface area contributed by atoms with Gasteiger partial charge in [0.1, 0.15) is 5.25 Å². The molecule has 7 nitrogen and oxygen atoms in total. The molecule has 0 aliphatic rings. The maximum absolute atomic E-state index is 11.8. The van der Waals surface area contributed by atoms with E-state index in [2.05, 4.69) is 14.9 Å². The fourth-order valence-electron chi connectivity index (χ4n) is 1.28. The number of rotatable bonds is 7. The van der Waals surface area contributed by atoms with E-state index in [1.165, 1.54) is 6.33 Å². The highest BCUT2D eigenvalue weighted by molar-refractivity contribution is 7.93. The van der Waals surface area contributed by atoms with E-state index < -0.39 is 15.3 Å². The van der Waals surface area contributed by atoms with Gasteiger partial charge in [0.2, 0.25) is 15.9 Å². The Kier molecular flexibility index (Phi) is 4.97. The Balaban J connectivity index is 2.52. The molecule has 0 radical (unpaired) electrons. The van der Waals surface area contributed by atoms with Crippen molar-refractivity contribution >= 4 is 27.2 Å². The molecule has 0 aliphatic carbocycles. The second-order valence-corrected chi connectivity index (χ2v) is 5.74. The molecule has 1 unspecified atom stereocenters. The molecule has 0 aromatic carbocycles. The van der Waals surface area contributed by atoms with Crippen LogP contribution in [0.15, 0.2) is 10.9 Å². The summed E-state index contributed by atoms with van der Waals surface area (Å²) in [6.07, 6.45) is 1.92. The summed E-state index contributed by atoms with van der Waals surface area (Å²) in [5.74, 6) is 0.371. The van der Waals surface area contributed by atoms with E-state index in [1.54, 1.807) is 6.92 Å². The van der Waals surface area contributed by atoms with Gasteiger partial charge in [-0.3, -0.25) is 0 Å². The zero-order valence-corrected chi connectivity index (χ0v) is 10.9.